The molecule has 1 N–H and O–H groups in total. The minimum Gasteiger partial charge on any atom is -0.393 e. The molecule has 0 aromatic rings. The Morgan fingerprint density at radius 3 is 2.35 bits per heavy atom. The molecule has 102 valence electrons. The molecule has 4 atom stereocenters. The zero-order chi connectivity index (χ0) is 12.7. The molecule has 1 heteroatoms. The highest BCUT2D eigenvalue weighted by Crippen LogP contribution is 2.31. The van der Waals surface area contributed by atoms with Crippen LogP contribution in [0.15, 0.2) is 0 Å². The number of rotatable bonds is 8. The predicted octanol–water partition coefficient (Wildman–Crippen LogP) is 4.78. The van der Waals surface area contributed by atoms with Crippen LogP contribution in [0, 0.1) is 17.8 Å². The number of aliphatic hydroxyl groups is 1. The fourth-order valence-corrected chi connectivity index (χ4v) is 3.02. The first-order valence-electron chi connectivity index (χ1n) is 7.81. The lowest BCUT2D eigenvalue weighted by molar-refractivity contribution is 0.123. The van der Waals surface area contributed by atoms with Crippen LogP contribution in [0.3, 0.4) is 0 Å². The van der Waals surface area contributed by atoms with Gasteiger partial charge < -0.3 is 5.11 Å². The second-order valence-corrected chi connectivity index (χ2v) is 6.39. The molecule has 0 aromatic carbocycles. The Morgan fingerprint density at radius 2 is 1.76 bits per heavy atom. The molecule has 0 aliphatic heterocycles. The van der Waals surface area contributed by atoms with Crippen LogP contribution >= 0.6 is 0 Å². The van der Waals surface area contributed by atoms with Crippen molar-refractivity contribution in [2.24, 2.45) is 17.8 Å². The summed E-state index contributed by atoms with van der Waals surface area (Å²) >= 11 is 0. The molecule has 17 heavy (non-hydrogen) atoms. The Morgan fingerprint density at radius 1 is 1.06 bits per heavy atom. The fourth-order valence-electron chi connectivity index (χ4n) is 3.02. The molecule has 4 unspecified atom stereocenters. The van der Waals surface area contributed by atoms with Crippen LogP contribution in [-0.4, -0.2) is 11.2 Å². The van der Waals surface area contributed by atoms with Crippen molar-refractivity contribution in [2.45, 2.75) is 84.7 Å². The Bertz CT molecular complexity index is 190. The predicted molar refractivity (Wildman–Crippen MR) is 75.1 cm³/mol. The Labute approximate surface area is 108 Å². The summed E-state index contributed by atoms with van der Waals surface area (Å²) in [6, 6.07) is 0. The maximum absolute atomic E-state index is 9.78. The van der Waals surface area contributed by atoms with E-state index >= 15 is 0 Å². The third kappa shape index (κ3) is 5.90. The van der Waals surface area contributed by atoms with Gasteiger partial charge in [-0.25, -0.2) is 0 Å². The van der Waals surface area contributed by atoms with E-state index in [1.54, 1.807) is 0 Å². The van der Waals surface area contributed by atoms with Crippen molar-refractivity contribution in [1.29, 1.82) is 0 Å². The first-order chi connectivity index (χ1) is 8.13. The third-order valence-electron chi connectivity index (χ3n) is 4.74. The van der Waals surface area contributed by atoms with Crippen LogP contribution in [0.2, 0.25) is 0 Å². The van der Waals surface area contributed by atoms with E-state index in [2.05, 4.69) is 20.8 Å². The van der Waals surface area contributed by atoms with Crippen LogP contribution in [0.1, 0.15) is 78.6 Å². The third-order valence-corrected chi connectivity index (χ3v) is 4.74. The summed E-state index contributed by atoms with van der Waals surface area (Å²) in [6.07, 6.45) is 11.6. The van der Waals surface area contributed by atoms with Crippen molar-refractivity contribution in [2.75, 3.05) is 0 Å². The normalized spacial score (nSPS) is 28.2. The minimum atomic E-state index is 0.0160. The molecule has 1 aliphatic carbocycles. The standard InChI is InChI=1S/C16H32O/c1-4-13(2)7-5-8-14(3)11-12-15-9-6-10-16(15)17/h13-17H,4-12H2,1-3H3. The highest BCUT2D eigenvalue weighted by molar-refractivity contribution is 4.77. The molecule has 1 fully saturated rings. The van der Waals surface area contributed by atoms with E-state index < -0.39 is 0 Å². The van der Waals surface area contributed by atoms with Gasteiger partial charge in [-0.1, -0.05) is 59.3 Å². The van der Waals surface area contributed by atoms with E-state index in [0.29, 0.717) is 5.92 Å². The lowest BCUT2D eigenvalue weighted by Gasteiger charge is -2.18. The van der Waals surface area contributed by atoms with Crippen molar-refractivity contribution >= 4 is 0 Å². The number of hydrogen-bond donors (Lipinski definition) is 1. The van der Waals surface area contributed by atoms with Crippen LogP contribution < -0.4 is 0 Å². The summed E-state index contributed by atoms with van der Waals surface area (Å²) < 4.78 is 0. The Balaban J connectivity index is 2.02. The van der Waals surface area contributed by atoms with Crippen molar-refractivity contribution in [3.8, 4) is 0 Å². The maximum atomic E-state index is 9.78. The zero-order valence-electron chi connectivity index (χ0n) is 12.1. The molecule has 0 amide bonds. The zero-order valence-corrected chi connectivity index (χ0v) is 12.1. The smallest absolute Gasteiger partial charge is 0.0568 e. The second kappa shape index (κ2) is 8.13. The second-order valence-electron chi connectivity index (χ2n) is 6.39. The van der Waals surface area contributed by atoms with Gasteiger partial charge in [0.1, 0.15) is 0 Å². The summed E-state index contributed by atoms with van der Waals surface area (Å²) in [5.41, 5.74) is 0. The van der Waals surface area contributed by atoms with Crippen molar-refractivity contribution in [3.05, 3.63) is 0 Å². The largest absolute Gasteiger partial charge is 0.393 e. The summed E-state index contributed by atoms with van der Waals surface area (Å²) in [5.74, 6) is 2.37. The molecule has 1 saturated carbocycles. The first kappa shape index (κ1) is 15.0. The van der Waals surface area contributed by atoms with Crippen LogP contribution in [-0.2, 0) is 0 Å². The summed E-state index contributed by atoms with van der Waals surface area (Å²) in [7, 11) is 0. The van der Waals surface area contributed by atoms with Gasteiger partial charge in [0.2, 0.25) is 0 Å². The highest BCUT2D eigenvalue weighted by atomic mass is 16.3. The van der Waals surface area contributed by atoms with Crippen LogP contribution in [0.5, 0.6) is 0 Å². The minimum absolute atomic E-state index is 0.0160. The van der Waals surface area contributed by atoms with Crippen molar-refractivity contribution in [3.63, 3.8) is 0 Å². The summed E-state index contributed by atoms with van der Waals surface area (Å²) in [4.78, 5) is 0. The van der Waals surface area contributed by atoms with E-state index in [4.69, 9.17) is 0 Å². The van der Waals surface area contributed by atoms with Gasteiger partial charge in [-0.2, -0.15) is 0 Å². The van der Waals surface area contributed by atoms with Gasteiger partial charge in [0.15, 0.2) is 0 Å². The molecule has 1 aliphatic rings. The maximum Gasteiger partial charge on any atom is 0.0568 e. The summed E-state index contributed by atoms with van der Waals surface area (Å²) in [5, 5.41) is 9.78. The molecule has 0 saturated heterocycles. The van der Waals surface area contributed by atoms with Gasteiger partial charge in [0.05, 0.1) is 6.10 Å². The Kier molecular flexibility index (Phi) is 7.18. The lowest BCUT2D eigenvalue weighted by atomic mass is 9.90. The monoisotopic (exact) mass is 240 g/mol. The molecule has 0 aromatic heterocycles. The lowest BCUT2D eigenvalue weighted by Crippen LogP contribution is -2.14. The molecular formula is C16H32O. The van der Waals surface area contributed by atoms with Gasteiger partial charge in [-0.05, 0) is 37.0 Å². The van der Waals surface area contributed by atoms with E-state index in [0.717, 1.165) is 18.3 Å². The van der Waals surface area contributed by atoms with Gasteiger partial charge in [-0.3, -0.25) is 0 Å². The van der Waals surface area contributed by atoms with Crippen LogP contribution in [0.4, 0.5) is 0 Å². The molecule has 0 spiro atoms. The van der Waals surface area contributed by atoms with Gasteiger partial charge >= 0.3 is 0 Å². The SMILES string of the molecule is CCC(C)CCCC(C)CCC1CCCC1O. The number of hydrogen-bond acceptors (Lipinski definition) is 1. The molecule has 0 heterocycles. The van der Waals surface area contributed by atoms with E-state index in [9.17, 15) is 5.11 Å². The molecule has 0 radical (unpaired) electrons. The molecule has 0 bridgehead atoms. The molecule has 1 nitrogen and oxygen atoms in total. The molecular weight excluding hydrogens is 208 g/mol. The number of aliphatic hydroxyl groups excluding tert-OH is 1. The van der Waals surface area contributed by atoms with Crippen LogP contribution in [0.25, 0.3) is 0 Å². The highest BCUT2D eigenvalue weighted by Gasteiger charge is 2.24. The van der Waals surface area contributed by atoms with E-state index in [1.165, 1.54) is 51.4 Å². The summed E-state index contributed by atoms with van der Waals surface area (Å²) in [6.45, 7) is 7.03. The average molecular weight is 240 g/mol. The van der Waals surface area contributed by atoms with Crippen molar-refractivity contribution in [1.82, 2.24) is 0 Å². The molecule has 1 rings (SSSR count). The topological polar surface area (TPSA) is 20.2 Å². The van der Waals surface area contributed by atoms with Gasteiger partial charge in [0, 0.05) is 0 Å². The quantitative estimate of drug-likeness (QED) is 0.647. The Hall–Kier alpha value is -0.0400. The van der Waals surface area contributed by atoms with Crippen molar-refractivity contribution < 1.29 is 5.11 Å². The fraction of sp³-hybridized carbons (Fsp3) is 1.00. The first-order valence-corrected chi connectivity index (χ1v) is 7.81. The average Bonchev–Trinajstić information content (AvgIpc) is 2.72. The van der Waals surface area contributed by atoms with Gasteiger partial charge in [-0.15, -0.1) is 0 Å². The van der Waals surface area contributed by atoms with Gasteiger partial charge in [0.25, 0.3) is 0 Å². The van der Waals surface area contributed by atoms with E-state index in [-0.39, 0.29) is 6.10 Å². The van der Waals surface area contributed by atoms with E-state index in [1.807, 2.05) is 0 Å².